The van der Waals surface area contributed by atoms with E-state index in [1.54, 1.807) is 19.9 Å². The summed E-state index contributed by atoms with van der Waals surface area (Å²) in [5.74, 6) is 0.762. The predicted octanol–water partition coefficient (Wildman–Crippen LogP) is 2.39. The minimum atomic E-state index is -5.03. The number of carbonyl (C=O) groups is 1. The van der Waals surface area contributed by atoms with Gasteiger partial charge in [0.2, 0.25) is 0 Å². The molecule has 13 heteroatoms. The second-order valence-electron chi connectivity index (χ2n) is 12.8. The lowest BCUT2D eigenvalue weighted by Crippen LogP contribution is -2.59. The van der Waals surface area contributed by atoms with E-state index in [1.807, 2.05) is 19.1 Å². The third-order valence-corrected chi connectivity index (χ3v) is 13.4. The highest BCUT2D eigenvalue weighted by molar-refractivity contribution is 7.70. The standard InChI is InChI=1S/C26H42N2O9P2/c1-24(2,14-27-13-22(38(32,33)34)39(35,36)37)15-28-23(30)26(31)11-9-21-20-6-4-16-12-17(29)5-7-18(16)19(20)8-10-25(21,26)3/h5,7,12,19-22,27,29,31H,4,6,8-11,13-15H2,1-3H3,(H,28,30)(H2,32,33,34)(H2,35,36,37)/t19?,20?,21?,25-,26-/m0/s1. The van der Waals surface area contributed by atoms with E-state index < -0.39 is 49.5 Å². The maximum Gasteiger partial charge on any atom is 0.342 e. The number of rotatable bonds is 9. The number of nitrogens with one attached hydrogen (secondary N) is 2. The highest BCUT2D eigenvalue weighted by atomic mass is 31.2. The third-order valence-electron chi connectivity index (χ3n) is 9.67. The van der Waals surface area contributed by atoms with Crippen molar-refractivity contribution in [3.8, 4) is 5.75 Å². The van der Waals surface area contributed by atoms with Crippen LogP contribution in [0.1, 0.15) is 69.9 Å². The van der Waals surface area contributed by atoms with E-state index in [1.165, 1.54) is 11.1 Å². The molecule has 2 saturated carbocycles. The van der Waals surface area contributed by atoms with Crippen LogP contribution in [0.15, 0.2) is 18.2 Å². The lowest BCUT2D eigenvalue weighted by atomic mass is 9.53. The number of hydrogen-bond donors (Lipinski definition) is 8. The van der Waals surface area contributed by atoms with Crippen molar-refractivity contribution >= 4 is 21.1 Å². The fourth-order valence-corrected chi connectivity index (χ4v) is 9.76. The fourth-order valence-electron chi connectivity index (χ4n) is 7.46. The van der Waals surface area contributed by atoms with Crippen molar-refractivity contribution in [2.45, 2.75) is 76.2 Å². The molecule has 1 amide bonds. The molecular weight excluding hydrogens is 546 g/mol. The molecule has 5 atom stereocenters. The molecule has 3 unspecified atom stereocenters. The second-order valence-corrected chi connectivity index (χ2v) is 16.8. The number of aliphatic hydroxyl groups is 1. The Bertz CT molecular complexity index is 1180. The van der Waals surface area contributed by atoms with Gasteiger partial charge in [0.1, 0.15) is 11.4 Å². The monoisotopic (exact) mass is 588 g/mol. The van der Waals surface area contributed by atoms with Gasteiger partial charge in [0.05, 0.1) is 0 Å². The number of carbonyl (C=O) groups excluding carboxylic acids is 1. The minimum Gasteiger partial charge on any atom is -0.508 e. The quantitative estimate of drug-likeness (QED) is 0.198. The zero-order valence-corrected chi connectivity index (χ0v) is 24.5. The number of aromatic hydroxyl groups is 1. The summed E-state index contributed by atoms with van der Waals surface area (Å²) < 4.78 is 23.0. The van der Waals surface area contributed by atoms with Gasteiger partial charge in [0, 0.05) is 25.0 Å². The van der Waals surface area contributed by atoms with E-state index in [4.69, 9.17) is 0 Å². The molecule has 0 aromatic heterocycles. The first kappa shape index (κ1) is 30.7. The van der Waals surface area contributed by atoms with Gasteiger partial charge in [0.15, 0.2) is 5.40 Å². The molecule has 8 N–H and O–H groups in total. The Balaban J connectivity index is 1.38. The number of hydrogen-bond acceptors (Lipinski definition) is 6. The molecule has 0 heterocycles. The smallest absolute Gasteiger partial charge is 0.342 e. The summed E-state index contributed by atoms with van der Waals surface area (Å²) in [6.07, 6.45) is 4.53. The van der Waals surface area contributed by atoms with Gasteiger partial charge in [-0.25, -0.2) is 0 Å². The number of fused-ring (bicyclic) bond motifs is 5. The summed E-state index contributed by atoms with van der Waals surface area (Å²) >= 11 is 0. The van der Waals surface area contributed by atoms with Gasteiger partial charge in [-0.2, -0.15) is 0 Å². The SMILES string of the molecule is CC(C)(CNCC(P(=O)(O)O)P(=O)(O)O)CNC(=O)[C@@]1(O)CCC2C3CCc4cc(O)ccc4C3CC[C@@]21C. The molecule has 0 radical (unpaired) electrons. The van der Waals surface area contributed by atoms with Crippen molar-refractivity contribution in [3.63, 3.8) is 0 Å². The Morgan fingerprint density at radius 3 is 2.38 bits per heavy atom. The number of phenols is 1. The van der Waals surface area contributed by atoms with E-state index >= 15 is 0 Å². The molecule has 1 aromatic carbocycles. The van der Waals surface area contributed by atoms with Crippen LogP contribution >= 0.6 is 15.2 Å². The van der Waals surface area contributed by atoms with Crippen LogP contribution in [0.3, 0.4) is 0 Å². The second kappa shape index (κ2) is 10.5. The molecule has 39 heavy (non-hydrogen) atoms. The fraction of sp³-hybridized carbons (Fsp3) is 0.731. The molecule has 3 aliphatic rings. The highest BCUT2D eigenvalue weighted by Gasteiger charge is 2.64. The van der Waals surface area contributed by atoms with Gasteiger partial charge >= 0.3 is 15.2 Å². The third kappa shape index (κ3) is 5.88. The van der Waals surface area contributed by atoms with Crippen LogP contribution in [-0.4, -0.2) is 66.3 Å². The van der Waals surface area contributed by atoms with Crippen molar-refractivity contribution in [2.24, 2.45) is 22.7 Å². The molecule has 0 aliphatic heterocycles. The van der Waals surface area contributed by atoms with E-state index in [2.05, 4.69) is 10.6 Å². The van der Waals surface area contributed by atoms with Crippen LogP contribution < -0.4 is 10.6 Å². The van der Waals surface area contributed by atoms with Gasteiger partial charge in [-0.15, -0.1) is 0 Å². The zero-order valence-electron chi connectivity index (χ0n) is 22.7. The van der Waals surface area contributed by atoms with E-state index in [-0.39, 0.29) is 24.8 Å². The van der Waals surface area contributed by atoms with Crippen LogP contribution in [-0.2, 0) is 20.3 Å². The lowest BCUT2D eigenvalue weighted by molar-refractivity contribution is -0.159. The topological polar surface area (TPSA) is 197 Å². The molecule has 0 bridgehead atoms. The summed E-state index contributed by atoms with van der Waals surface area (Å²) in [6, 6.07) is 5.62. The molecule has 3 aliphatic carbocycles. The Morgan fingerprint density at radius 1 is 1.08 bits per heavy atom. The lowest BCUT2D eigenvalue weighted by Gasteiger charge is -2.52. The van der Waals surface area contributed by atoms with Gasteiger partial charge in [-0.3, -0.25) is 13.9 Å². The normalized spacial score (nSPS) is 30.9. The van der Waals surface area contributed by atoms with Crippen LogP contribution in [0.5, 0.6) is 5.75 Å². The summed E-state index contributed by atoms with van der Waals surface area (Å²) in [7, 11) is -10.1. The van der Waals surface area contributed by atoms with E-state index in [9.17, 15) is 43.7 Å². The van der Waals surface area contributed by atoms with Crippen LogP contribution in [0.2, 0.25) is 0 Å². The van der Waals surface area contributed by atoms with Gasteiger partial charge < -0.3 is 40.4 Å². The maximum atomic E-state index is 13.5. The van der Waals surface area contributed by atoms with Gasteiger partial charge in [-0.05, 0) is 85.0 Å². The molecule has 0 saturated heterocycles. The average Bonchev–Trinajstić information content (AvgIpc) is 3.10. The summed E-state index contributed by atoms with van der Waals surface area (Å²) in [4.78, 5) is 50.7. The predicted molar refractivity (Wildman–Crippen MR) is 145 cm³/mol. The number of aryl methyl sites for hydroxylation is 1. The minimum absolute atomic E-state index is 0.126. The Kier molecular flexibility index (Phi) is 8.27. The molecule has 220 valence electrons. The van der Waals surface area contributed by atoms with Crippen molar-refractivity contribution in [1.82, 2.24) is 10.6 Å². The van der Waals surface area contributed by atoms with E-state index in [0.717, 1.165) is 25.7 Å². The summed E-state index contributed by atoms with van der Waals surface area (Å²) in [5.41, 5.74) is -0.257. The van der Waals surface area contributed by atoms with Crippen molar-refractivity contribution in [2.75, 3.05) is 19.6 Å². The highest BCUT2D eigenvalue weighted by Crippen LogP contribution is 2.64. The van der Waals surface area contributed by atoms with Crippen molar-refractivity contribution in [3.05, 3.63) is 29.3 Å². The van der Waals surface area contributed by atoms with Crippen LogP contribution in [0, 0.1) is 22.7 Å². The molecule has 0 spiro atoms. The average molecular weight is 589 g/mol. The first-order chi connectivity index (χ1) is 17.9. The number of amides is 1. The van der Waals surface area contributed by atoms with Gasteiger partial charge in [0.25, 0.3) is 5.91 Å². The van der Waals surface area contributed by atoms with Crippen molar-refractivity contribution in [1.29, 1.82) is 0 Å². The summed E-state index contributed by atoms with van der Waals surface area (Å²) in [5, 5.41) is 25.2. The Hall–Kier alpha value is -1.29. The molecule has 11 nitrogen and oxygen atoms in total. The maximum absolute atomic E-state index is 13.5. The first-order valence-corrected chi connectivity index (χ1v) is 16.9. The summed E-state index contributed by atoms with van der Waals surface area (Å²) in [6.45, 7) is 5.33. The molecule has 2 fully saturated rings. The van der Waals surface area contributed by atoms with Gasteiger partial charge in [-0.1, -0.05) is 26.8 Å². The first-order valence-electron chi connectivity index (χ1n) is 13.5. The molecule has 4 rings (SSSR count). The number of phenolic OH excluding ortho intramolecular Hbond substituents is 1. The Labute approximate surface area is 229 Å². The Morgan fingerprint density at radius 2 is 1.74 bits per heavy atom. The molecular formula is C26H42N2O9P2. The van der Waals surface area contributed by atoms with E-state index in [0.29, 0.717) is 24.7 Å². The zero-order chi connectivity index (χ0) is 29.0. The largest absolute Gasteiger partial charge is 0.508 e. The van der Waals surface area contributed by atoms with Crippen LogP contribution in [0.4, 0.5) is 0 Å². The van der Waals surface area contributed by atoms with Crippen molar-refractivity contribution < 1.29 is 43.7 Å². The number of benzene rings is 1. The molecule has 1 aromatic rings. The van der Waals surface area contributed by atoms with Crippen LogP contribution in [0.25, 0.3) is 0 Å².